The van der Waals surface area contributed by atoms with Crippen LogP contribution in [0, 0.1) is 11.3 Å². The zero-order chi connectivity index (χ0) is 12.5. The van der Waals surface area contributed by atoms with Crippen LogP contribution in [0.5, 0.6) is 0 Å². The maximum absolute atomic E-state index is 12.3. The smallest absolute Gasteiger partial charge is 0.243 e. The summed E-state index contributed by atoms with van der Waals surface area (Å²) in [6, 6.07) is 4.69. The lowest BCUT2D eigenvalue weighted by atomic mass is 10.3. The molecule has 0 amide bonds. The molecule has 7 heteroatoms. The molecule has 2 aromatic heterocycles. The van der Waals surface area contributed by atoms with Gasteiger partial charge in [0.25, 0.3) is 0 Å². The largest absolute Gasteiger partial charge is 0.419 e. The van der Waals surface area contributed by atoms with Crippen LogP contribution < -0.4 is 0 Å². The number of nitrogens with zero attached hydrogens (tertiary/aromatic N) is 4. The Morgan fingerprint density at radius 2 is 2.00 bits per heavy atom. The maximum atomic E-state index is 12.3. The van der Waals surface area contributed by atoms with Gasteiger partial charge in [-0.1, -0.05) is 0 Å². The predicted molar refractivity (Wildman–Crippen MR) is 51.1 cm³/mol. The molecule has 0 aliphatic carbocycles. The highest BCUT2D eigenvalue weighted by molar-refractivity contribution is 5.33. The van der Waals surface area contributed by atoms with Gasteiger partial charge in [-0.15, -0.1) is 0 Å². The molecule has 2 aromatic rings. The molecule has 4 nitrogen and oxygen atoms in total. The van der Waals surface area contributed by atoms with E-state index in [0.29, 0.717) is 5.69 Å². The van der Waals surface area contributed by atoms with Gasteiger partial charge in [-0.3, -0.25) is 0 Å². The third-order valence-electron chi connectivity index (χ3n) is 2.04. The first kappa shape index (κ1) is 11.1. The van der Waals surface area contributed by atoms with Crippen molar-refractivity contribution < 1.29 is 13.2 Å². The van der Waals surface area contributed by atoms with Crippen LogP contribution in [0.2, 0.25) is 0 Å². The molecule has 0 atom stereocenters. The van der Waals surface area contributed by atoms with E-state index in [2.05, 4.69) is 10.1 Å². The molecular formula is C10H5F3N4. The van der Waals surface area contributed by atoms with Crippen LogP contribution in [-0.2, 0) is 6.18 Å². The average Bonchev–Trinajstić information content (AvgIpc) is 2.78. The second-order valence-electron chi connectivity index (χ2n) is 3.18. The van der Waals surface area contributed by atoms with E-state index in [1.807, 2.05) is 6.07 Å². The summed E-state index contributed by atoms with van der Waals surface area (Å²) >= 11 is 0. The molecule has 17 heavy (non-hydrogen) atoms. The Hall–Kier alpha value is -2.36. The number of alkyl halides is 3. The third kappa shape index (κ3) is 2.25. The second-order valence-corrected chi connectivity index (χ2v) is 3.18. The molecule has 0 aromatic carbocycles. The topological polar surface area (TPSA) is 54.5 Å². The van der Waals surface area contributed by atoms with Crippen molar-refractivity contribution in [1.29, 1.82) is 5.26 Å². The molecule has 0 saturated heterocycles. The number of aromatic nitrogens is 3. The molecule has 0 fully saturated rings. The van der Waals surface area contributed by atoms with Crippen LogP contribution in [0.4, 0.5) is 13.2 Å². The van der Waals surface area contributed by atoms with Gasteiger partial charge < -0.3 is 0 Å². The van der Waals surface area contributed by atoms with Crippen LogP contribution in [0.1, 0.15) is 11.3 Å². The second kappa shape index (κ2) is 3.90. The summed E-state index contributed by atoms with van der Waals surface area (Å²) in [5.74, 6) is 0. The van der Waals surface area contributed by atoms with Gasteiger partial charge in [-0.25, -0.2) is 9.67 Å². The molecular weight excluding hydrogens is 233 g/mol. The molecule has 86 valence electrons. The molecule has 0 aliphatic rings. The Kier molecular flexibility index (Phi) is 2.55. The number of hydrogen-bond donors (Lipinski definition) is 0. The van der Waals surface area contributed by atoms with E-state index in [-0.39, 0.29) is 5.69 Å². The predicted octanol–water partition coefficient (Wildman–Crippen LogP) is 2.16. The number of pyridine rings is 1. The van der Waals surface area contributed by atoms with Gasteiger partial charge in [0.05, 0.1) is 23.6 Å². The summed E-state index contributed by atoms with van der Waals surface area (Å²) in [6.45, 7) is 0. The minimum atomic E-state index is -4.42. The highest BCUT2D eigenvalue weighted by Crippen LogP contribution is 2.28. The third-order valence-corrected chi connectivity index (χ3v) is 2.04. The monoisotopic (exact) mass is 238 g/mol. The van der Waals surface area contributed by atoms with Gasteiger partial charge in [0.1, 0.15) is 11.8 Å². The standard InChI is InChI=1S/C10H5F3N4/c11-10(12,13)7-4-16-17(6-7)9-2-1-8(3-14)15-5-9/h1-2,4-6H. The van der Waals surface area contributed by atoms with Crippen LogP contribution in [0.25, 0.3) is 5.69 Å². The molecule has 0 spiro atoms. The van der Waals surface area contributed by atoms with Crippen molar-refractivity contribution >= 4 is 0 Å². The van der Waals surface area contributed by atoms with Crippen LogP contribution in [-0.4, -0.2) is 14.8 Å². The summed E-state index contributed by atoms with van der Waals surface area (Å²) in [4.78, 5) is 3.74. The summed E-state index contributed by atoms with van der Waals surface area (Å²) in [7, 11) is 0. The average molecular weight is 238 g/mol. The van der Waals surface area contributed by atoms with Crippen LogP contribution in [0.15, 0.2) is 30.7 Å². The lowest BCUT2D eigenvalue weighted by Gasteiger charge is -2.01. The van der Waals surface area contributed by atoms with Gasteiger partial charge in [-0.2, -0.15) is 23.5 Å². The highest BCUT2D eigenvalue weighted by atomic mass is 19.4. The molecule has 2 heterocycles. The van der Waals surface area contributed by atoms with Gasteiger partial charge in [0.2, 0.25) is 0 Å². The first-order chi connectivity index (χ1) is 8.00. The summed E-state index contributed by atoms with van der Waals surface area (Å²) < 4.78 is 38.0. The Morgan fingerprint density at radius 3 is 2.47 bits per heavy atom. The van der Waals surface area contributed by atoms with Crippen molar-refractivity contribution in [3.05, 3.63) is 42.0 Å². The molecule has 0 saturated carbocycles. The van der Waals surface area contributed by atoms with Gasteiger partial charge in [0.15, 0.2) is 0 Å². The molecule has 2 rings (SSSR count). The summed E-state index contributed by atoms with van der Waals surface area (Å²) in [5.41, 5.74) is -0.279. The normalized spacial score (nSPS) is 11.2. The van der Waals surface area contributed by atoms with Crippen molar-refractivity contribution in [3.8, 4) is 11.8 Å². The van der Waals surface area contributed by atoms with Crippen molar-refractivity contribution in [2.24, 2.45) is 0 Å². The quantitative estimate of drug-likeness (QED) is 0.764. The highest BCUT2D eigenvalue weighted by Gasteiger charge is 2.32. The first-order valence-corrected chi connectivity index (χ1v) is 4.49. The fourth-order valence-electron chi connectivity index (χ4n) is 1.20. The lowest BCUT2D eigenvalue weighted by Crippen LogP contribution is -2.03. The van der Waals surface area contributed by atoms with Crippen molar-refractivity contribution in [2.75, 3.05) is 0 Å². The molecule has 0 N–H and O–H groups in total. The SMILES string of the molecule is N#Cc1ccc(-n2cc(C(F)(F)F)cn2)cn1. The minimum absolute atomic E-state index is 0.192. The van der Waals surface area contributed by atoms with Crippen molar-refractivity contribution in [1.82, 2.24) is 14.8 Å². The Bertz CT molecular complexity index is 562. The Balaban J connectivity index is 2.34. The summed E-state index contributed by atoms with van der Waals surface area (Å²) in [6.07, 6.45) is -1.54. The summed E-state index contributed by atoms with van der Waals surface area (Å²) in [5, 5.41) is 12.1. The first-order valence-electron chi connectivity index (χ1n) is 4.49. The fourth-order valence-corrected chi connectivity index (χ4v) is 1.20. The van der Waals surface area contributed by atoms with Gasteiger partial charge in [0, 0.05) is 6.20 Å². The fraction of sp³-hybridized carbons (Fsp3) is 0.100. The molecule has 0 aliphatic heterocycles. The van der Waals surface area contributed by atoms with E-state index in [1.165, 1.54) is 18.3 Å². The van der Waals surface area contributed by atoms with E-state index in [4.69, 9.17) is 5.26 Å². The maximum Gasteiger partial charge on any atom is 0.419 e. The molecule has 0 radical (unpaired) electrons. The van der Waals surface area contributed by atoms with E-state index in [0.717, 1.165) is 17.1 Å². The minimum Gasteiger partial charge on any atom is -0.243 e. The zero-order valence-electron chi connectivity index (χ0n) is 8.31. The van der Waals surface area contributed by atoms with Crippen LogP contribution >= 0.6 is 0 Å². The Morgan fingerprint density at radius 1 is 1.24 bits per heavy atom. The van der Waals surface area contributed by atoms with Gasteiger partial charge >= 0.3 is 6.18 Å². The number of halogens is 3. The van der Waals surface area contributed by atoms with E-state index < -0.39 is 11.7 Å². The van der Waals surface area contributed by atoms with E-state index in [1.54, 1.807) is 0 Å². The van der Waals surface area contributed by atoms with Gasteiger partial charge in [-0.05, 0) is 12.1 Å². The van der Waals surface area contributed by atoms with Crippen molar-refractivity contribution in [2.45, 2.75) is 6.18 Å². The molecule has 0 unspecified atom stereocenters. The van der Waals surface area contributed by atoms with Crippen LogP contribution in [0.3, 0.4) is 0 Å². The van der Waals surface area contributed by atoms with E-state index in [9.17, 15) is 13.2 Å². The molecule has 0 bridgehead atoms. The number of rotatable bonds is 1. The zero-order valence-corrected chi connectivity index (χ0v) is 8.31. The van der Waals surface area contributed by atoms with Crippen molar-refractivity contribution in [3.63, 3.8) is 0 Å². The Labute approximate surface area is 93.9 Å². The lowest BCUT2D eigenvalue weighted by molar-refractivity contribution is -0.137. The van der Waals surface area contributed by atoms with E-state index >= 15 is 0 Å². The number of hydrogen-bond acceptors (Lipinski definition) is 3. The number of nitriles is 1.